The number of hydrogen-bond acceptors (Lipinski definition) is 7. The first-order chi connectivity index (χ1) is 20.2. The number of halogens is 1. The Morgan fingerprint density at radius 1 is 1.19 bits per heavy atom. The van der Waals surface area contributed by atoms with E-state index < -0.39 is 23.1 Å². The van der Waals surface area contributed by atoms with E-state index in [1.165, 1.54) is 28.8 Å². The summed E-state index contributed by atoms with van der Waals surface area (Å²) in [5.41, 5.74) is 6.49. The number of carboxylic acid groups (broad SMARTS) is 1. The van der Waals surface area contributed by atoms with Crippen LogP contribution in [0, 0.1) is 18.7 Å². The van der Waals surface area contributed by atoms with Crippen molar-refractivity contribution < 1.29 is 23.1 Å². The molecule has 9 nitrogen and oxygen atoms in total. The summed E-state index contributed by atoms with van der Waals surface area (Å²) in [7, 11) is 0. The van der Waals surface area contributed by atoms with Gasteiger partial charge in [-0.05, 0) is 67.5 Å². The van der Waals surface area contributed by atoms with Crippen molar-refractivity contribution >= 4 is 34.3 Å². The van der Waals surface area contributed by atoms with Crippen LogP contribution in [0.5, 0.6) is 0 Å². The molecular formula is C30H25FN5O4S2-. The Kier molecular flexibility index (Phi) is 7.67. The highest BCUT2D eigenvalue weighted by Gasteiger charge is 2.29. The van der Waals surface area contributed by atoms with Gasteiger partial charge in [-0.2, -0.15) is 5.10 Å². The number of aromatic carboxylic acids is 1. The van der Waals surface area contributed by atoms with Crippen molar-refractivity contribution in [2.45, 2.75) is 32.6 Å². The van der Waals surface area contributed by atoms with E-state index in [0.717, 1.165) is 46.5 Å². The van der Waals surface area contributed by atoms with Crippen LogP contribution in [0.2, 0.25) is 0 Å². The van der Waals surface area contributed by atoms with E-state index in [0.29, 0.717) is 35.1 Å². The van der Waals surface area contributed by atoms with Gasteiger partial charge < -0.3 is 14.4 Å². The van der Waals surface area contributed by atoms with Gasteiger partial charge in [-0.1, -0.05) is 30.3 Å². The number of hydrogen-bond donors (Lipinski definition) is 2. The van der Waals surface area contributed by atoms with Gasteiger partial charge in [0.1, 0.15) is 5.82 Å². The second-order valence-electron chi connectivity index (χ2n) is 10.3. The molecule has 1 saturated carbocycles. The Morgan fingerprint density at radius 2 is 2.00 bits per heavy atom. The van der Waals surface area contributed by atoms with Gasteiger partial charge in [-0.15, -0.1) is 11.3 Å². The number of rotatable bonds is 10. The number of nitrogens with zero attached hydrogens (tertiary/aromatic N) is 4. The second kappa shape index (κ2) is 11.6. The van der Waals surface area contributed by atoms with Crippen LogP contribution in [0.3, 0.4) is 0 Å². The lowest BCUT2D eigenvalue weighted by Gasteiger charge is -2.12. The predicted molar refractivity (Wildman–Crippen MR) is 158 cm³/mol. The number of aryl methyl sites for hydroxylation is 1. The Balaban J connectivity index is 1.50. The quantitative estimate of drug-likeness (QED) is 0.189. The number of thiazole rings is 1. The molecule has 3 aromatic heterocycles. The molecule has 1 aliphatic rings. The molecule has 1 aliphatic carbocycles. The number of aromatic nitrogens is 4. The van der Waals surface area contributed by atoms with Crippen molar-refractivity contribution in [3.8, 4) is 27.6 Å². The average Bonchev–Trinajstić information content (AvgIpc) is 3.52. The van der Waals surface area contributed by atoms with Gasteiger partial charge in [0, 0.05) is 46.0 Å². The Morgan fingerprint density at radius 3 is 2.67 bits per heavy atom. The Bertz CT molecular complexity index is 1810. The van der Waals surface area contributed by atoms with Crippen LogP contribution < -0.4 is 4.72 Å². The first-order valence-electron chi connectivity index (χ1n) is 13.2. The highest BCUT2D eigenvalue weighted by atomic mass is 32.2. The molecule has 1 atom stereocenters. The van der Waals surface area contributed by atoms with Crippen molar-refractivity contribution in [1.29, 1.82) is 0 Å². The van der Waals surface area contributed by atoms with Crippen LogP contribution in [-0.2, 0) is 24.1 Å². The maximum atomic E-state index is 14.8. The summed E-state index contributed by atoms with van der Waals surface area (Å²) in [6.45, 7) is 1.98. The largest absolute Gasteiger partial charge is 0.755 e. The minimum atomic E-state index is -2.65. The summed E-state index contributed by atoms with van der Waals surface area (Å²) in [5, 5.41) is 16.4. The van der Waals surface area contributed by atoms with Gasteiger partial charge in [0.05, 0.1) is 22.8 Å². The molecule has 2 N–H and O–H groups in total. The zero-order chi connectivity index (χ0) is 29.4. The highest BCUT2D eigenvalue weighted by molar-refractivity contribution is 7.80. The van der Waals surface area contributed by atoms with E-state index in [9.17, 15) is 23.1 Å². The summed E-state index contributed by atoms with van der Waals surface area (Å²) in [6, 6.07) is 16.2. The smallest absolute Gasteiger partial charge is 0.355 e. The molecule has 0 radical (unpaired) electrons. The molecule has 2 aromatic carbocycles. The van der Waals surface area contributed by atoms with Gasteiger partial charge in [-0.25, -0.2) is 18.9 Å². The fourth-order valence-corrected chi connectivity index (χ4v) is 5.95. The number of pyridine rings is 1. The lowest BCUT2D eigenvalue weighted by atomic mass is 9.95. The fourth-order valence-electron chi connectivity index (χ4n) is 4.84. The molecule has 0 spiro atoms. The second-order valence-corrected chi connectivity index (χ2v) is 11.8. The van der Waals surface area contributed by atoms with Crippen molar-refractivity contribution in [3.63, 3.8) is 0 Å². The molecule has 214 valence electrons. The van der Waals surface area contributed by atoms with Crippen LogP contribution in [0.15, 0.2) is 66.2 Å². The van der Waals surface area contributed by atoms with Crippen LogP contribution in [0.25, 0.3) is 27.6 Å². The number of carbonyl (C=O) groups is 1. The number of anilines is 1. The third-order valence-corrected chi connectivity index (χ3v) is 8.31. The summed E-state index contributed by atoms with van der Waals surface area (Å²) < 4.78 is 40.7. The maximum absolute atomic E-state index is 14.8. The molecule has 6 rings (SSSR count). The monoisotopic (exact) mass is 602 g/mol. The van der Waals surface area contributed by atoms with Crippen molar-refractivity contribution in [1.82, 2.24) is 19.7 Å². The van der Waals surface area contributed by atoms with Crippen molar-refractivity contribution in [3.05, 3.63) is 100 Å². The lowest BCUT2D eigenvalue weighted by Crippen LogP contribution is -2.07. The SMILES string of the molecule is Cc1ccc(-c2cccc(-c3nn(-c4nc(C(=O)O)cs4)c(CC4CC4)c3Cc3ccc(NS(=O)[O-])c(F)c3)c2)nc1. The van der Waals surface area contributed by atoms with E-state index in [1.54, 1.807) is 10.7 Å². The molecular weight excluding hydrogens is 577 g/mol. The molecule has 42 heavy (non-hydrogen) atoms. The Hall–Kier alpha value is -4.26. The third-order valence-electron chi connectivity index (χ3n) is 7.11. The van der Waals surface area contributed by atoms with E-state index in [-0.39, 0.29) is 11.4 Å². The zero-order valence-corrected chi connectivity index (χ0v) is 24.0. The summed E-state index contributed by atoms with van der Waals surface area (Å²) >= 11 is -1.45. The molecule has 1 unspecified atom stereocenters. The minimum Gasteiger partial charge on any atom is -0.755 e. The first-order valence-corrected chi connectivity index (χ1v) is 15.2. The molecule has 0 saturated heterocycles. The zero-order valence-electron chi connectivity index (χ0n) is 22.4. The van der Waals surface area contributed by atoms with Gasteiger partial charge >= 0.3 is 5.97 Å². The minimum absolute atomic E-state index is 0.0562. The van der Waals surface area contributed by atoms with Crippen LogP contribution in [0.1, 0.15) is 45.7 Å². The molecule has 5 aromatic rings. The van der Waals surface area contributed by atoms with Crippen LogP contribution in [-0.4, -0.2) is 39.6 Å². The van der Waals surface area contributed by atoms with Gasteiger partial charge in [-0.3, -0.25) is 9.19 Å². The molecule has 0 aliphatic heterocycles. The summed E-state index contributed by atoms with van der Waals surface area (Å²) in [5.74, 6) is -1.34. The summed E-state index contributed by atoms with van der Waals surface area (Å²) in [4.78, 5) is 20.5. The molecule has 0 bridgehead atoms. The summed E-state index contributed by atoms with van der Waals surface area (Å²) in [6.07, 6.45) is 5.00. The lowest BCUT2D eigenvalue weighted by molar-refractivity contribution is 0.0691. The van der Waals surface area contributed by atoms with Gasteiger partial charge in [0.15, 0.2) is 5.69 Å². The first kappa shape index (κ1) is 27.9. The fraction of sp³-hybridized carbons (Fsp3) is 0.200. The molecule has 12 heteroatoms. The molecule has 3 heterocycles. The van der Waals surface area contributed by atoms with E-state index in [2.05, 4.69) is 14.7 Å². The van der Waals surface area contributed by atoms with Gasteiger partial charge in [0.25, 0.3) is 0 Å². The molecule has 0 amide bonds. The standard InChI is InChI=1S/C30H26FN5O4S2/c1-17-5-9-24(32-15-17)20-3-2-4-21(14-20)28-22(11-19-8-10-25(23(31)12-19)35-42(39)40)27(13-18-6-7-18)36(34-28)30-33-26(16-41-30)29(37)38/h2-5,8-10,12,14-16,18,35H,6-7,11,13H2,1H3,(H,37,38)(H,39,40)/p-1. The number of nitrogens with one attached hydrogen (secondary N) is 1. The van der Waals surface area contributed by atoms with Gasteiger partial charge in [0.2, 0.25) is 5.13 Å². The Labute approximate surface area is 247 Å². The van der Waals surface area contributed by atoms with Crippen molar-refractivity contribution in [2.24, 2.45) is 5.92 Å². The highest BCUT2D eigenvalue weighted by Crippen LogP contribution is 2.39. The topological polar surface area (TPSA) is 133 Å². The number of benzene rings is 2. The van der Waals surface area contributed by atoms with Crippen molar-refractivity contribution in [2.75, 3.05) is 4.72 Å². The van der Waals surface area contributed by atoms with E-state index in [1.807, 2.05) is 49.5 Å². The average molecular weight is 603 g/mol. The van der Waals surface area contributed by atoms with E-state index in [4.69, 9.17) is 5.10 Å². The normalized spacial score (nSPS) is 13.7. The predicted octanol–water partition coefficient (Wildman–Crippen LogP) is 5.95. The number of carboxylic acids is 1. The van der Waals surface area contributed by atoms with E-state index >= 15 is 0 Å². The van der Waals surface area contributed by atoms with Crippen LogP contribution >= 0.6 is 11.3 Å². The third kappa shape index (κ3) is 6.01. The molecule has 1 fully saturated rings. The maximum Gasteiger partial charge on any atom is 0.355 e. The van der Waals surface area contributed by atoms with Crippen LogP contribution in [0.4, 0.5) is 10.1 Å².